The lowest BCUT2D eigenvalue weighted by atomic mass is 10.1. The number of imidazole rings is 1. The minimum atomic E-state index is -0.340. The molecule has 0 aliphatic carbocycles. The van der Waals surface area contributed by atoms with E-state index in [4.69, 9.17) is 10.5 Å². The number of piperidine rings is 1. The van der Waals surface area contributed by atoms with E-state index in [2.05, 4.69) is 19.9 Å². The van der Waals surface area contributed by atoms with Crippen molar-refractivity contribution in [1.29, 1.82) is 0 Å². The lowest BCUT2D eigenvalue weighted by Gasteiger charge is -2.30. The molecule has 11 nitrogen and oxygen atoms in total. The van der Waals surface area contributed by atoms with Gasteiger partial charge in [0.25, 0.3) is 11.1 Å². The van der Waals surface area contributed by atoms with E-state index in [1.54, 1.807) is 7.11 Å². The molecule has 184 valence electrons. The first kappa shape index (κ1) is 23.2. The van der Waals surface area contributed by atoms with Crippen LogP contribution in [0.15, 0.2) is 27.8 Å². The highest BCUT2D eigenvalue weighted by atomic mass is 16.5. The fraction of sp³-hybridized carbons (Fsp3) is 0.458. The highest BCUT2D eigenvalue weighted by Crippen LogP contribution is 2.18. The number of fused-ring (bicyclic) bond motifs is 2. The summed E-state index contributed by atoms with van der Waals surface area (Å²) in [4.78, 5) is 45.9. The van der Waals surface area contributed by atoms with Gasteiger partial charge >= 0.3 is 0 Å². The van der Waals surface area contributed by atoms with Gasteiger partial charge in [-0.05, 0) is 44.4 Å². The van der Waals surface area contributed by atoms with Crippen molar-refractivity contribution in [1.82, 2.24) is 29.3 Å². The van der Waals surface area contributed by atoms with Crippen molar-refractivity contribution < 1.29 is 4.74 Å². The largest absolute Gasteiger partial charge is 0.383 e. The third kappa shape index (κ3) is 4.32. The quantitative estimate of drug-likeness (QED) is 0.420. The van der Waals surface area contributed by atoms with Crippen LogP contribution >= 0.6 is 0 Å². The van der Waals surface area contributed by atoms with Crippen LogP contribution in [0.2, 0.25) is 0 Å². The molecule has 3 N–H and O–H groups in total. The fourth-order valence-corrected chi connectivity index (χ4v) is 4.60. The number of anilines is 1. The average Bonchev–Trinajstić information content (AvgIpc) is 3.29. The summed E-state index contributed by atoms with van der Waals surface area (Å²) in [5, 5.41) is 0. The summed E-state index contributed by atoms with van der Waals surface area (Å²) in [5.41, 5.74) is 9.90. The van der Waals surface area contributed by atoms with E-state index >= 15 is 0 Å². The number of benzene rings is 1. The van der Waals surface area contributed by atoms with Crippen molar-refractivity contribution in [2.45, 2.75) is 45.8 Å². The third-order valence-electron chi connectivity index (χ3n) is 6.60. The van der Waals surface area contributed by atoms with Gasteiger partial charge in [0.05, 0.1) is 42.1 Å². The summed E-state index contributed by atoms with van der Waals surface area (Å²) < 4.78 is 8.07. The van der Waals surface area contributed by atoms with Gasteiger partial charge in [-0.3, -0.25) is 9.59 Å². The minimum absolute atomic E-state index is 0.0374. The highest BCUT2D eigenvalue weighted by molar-refractivity contribution is 5.76. The summed E-state index contributed by atoms with van der Waals surface area (Å²) >= 11 is 0. The van der Waals surface area contributed by atoms with Crippen LogP contribution in [0, 0.1) is 13.8 Å². The van der Waals surface area contributed by atoms with E-state index in [1.165, 1.54) is 9.36 Å². The second-order valence-corrected chi connectivity index (χ2v) is 9.13. The topological polar surface area (TPSA) is 137 Å². The van der Waals surface area contributed by atoms with Crippen molar-refractivity contribution in [2.24, 2.45) is 5.73 Å². The number of hydrogen-bond donors (Lipinski definition) is 2. The average molecular weight is 479 g/mol. The SMILES string of the molecule is COCCn1c(=O)c2nc(N3CCCC(N)C3)[nH]c2c(=O)n1Cc1ccc2nc(C)c(C)nc2c1. The molecule has 1 fully saturated rings. The number of aromatic nitrogens is 6. The molecule has 1 aliphatic rings. The zero-order chi connectivity index (χ0) is 24.7. The van der Waals surface area contributed by atoms with Gasteiger partial charge in [-0.25, -0.2) is 24.3 Å². The first-order valence-electron chi connectivity index (χ1n) is 11.8. The fourth-order valence-electron chi connectivity index (χ4n) is 4.60. The third-order valence-corrected chi connectivity index (χ3v) is 6.60. The molecule has 0 spiro atoms. The summed E-state index contributed by atoms with van der Waals surface area (Å²) in [6, 6.07) is 5.74. The van der Waals surface area contributed by atoms with Crippen molar-refractivity contribution >= 4 is 28.0 Å². The molecule has 0 bridgehead atoms. The van der Waals surface area contributed by atoms with E-state index in [1.807, 2.05) is 36.9 Å². The number of H-pyrrole nitrogens is 1. The molecule has 4 aromatic rings. The molecule has 5 rings (SSSR count). The van der Waals surface area contributed by atoms with Gasteiger partial charge in [0.15, 0.2) is 5.52 Å². The maximum atomic E-state index is 13.6. The van der Waals surface area contributed by atoms with Crippen molar-refractivity contribution in [3.8, 4) is 0 Å². The Bertz CT molecular complexity index is 1520. The highest BCUT2D eigenvalue weighted by Gasteiger charge is 2.23. The van der Waals surface area contributed by atoms with Crippen LogP contribution in [0.5, 0.6) is 0 Å². The Balaban J connectivity index is 1.61. The molecule has 1 aliphatic heterocycles. The van der Waals surface area contributed by atoms with Gasteiger partial charge < -0.3 is 20.4 Å². The van der Waals surface area contributed by atoms with E-state index < -0.39 is 0 Å². The van der Waals surface area contributed by atoms with E-state index in [-0.39, 0.29) is 47.9 Å². The molecule has 1 saturated heterocycles. The van der Waals surface area contributed by atoms with Gasteiger partial charge in [0.1, 0.15) is 5.52 Å². The van der Waals surface area contributed by atoms with Crippen LogP contribution in [0.1, 0.15) is 29.8 Å². The number of methoxy groups -OCH3 is 1. The van der Waals surface area contributed by atoms with Gasteiger partial charge in [-0.1, -0.05) is 6.07 Å². The van der Waals surface area contributed by atoms with Gasteiger partial charge in [-0.15, -0.1) is 0 Å². The number of aryl methyl sites for hydroxylation is 2. The summed E-state index contributed by atoms with van der Waals surface area (Å²) in [5.74, 6) is 0.507. The van der Waals surface area contributed by atoms with Crippen LogP contribution in [0.4, 0.5) is 5.95 Å². The predicted octanol–water partition coefficient (Wildman–Crippen LogP) is 1.07. The molecule has 3 aromatic heterocycles. The van der Waals surface area contributed by atoms with Gasteiger partial charge in [0.2, 0.25) is 5.95 Å². The second kappa shape index (κ2) is 9.23. The molecular formula is C24H30N8O3. The van der Waals surface area contributed by atoms with Crippen molar-refractivity contribution in [2.75, 3.05) is 31.7 Å². The standard InChI is InChI=1S/C24H30N8O3/c1-14-15(2)27-19-11-16(6-7-18(19)26-14)12-32-23(34)21-20(22(33)31(32)9-10-35-3)28-24(29-21)30-8-4-5-17(25)13-30/h6-7,11,17H,4-5,8-10,12-13,25H2,1-3H3,(H,28,29). The lowest BCUT2D eigenvalue weighted by molar-refractivity contribution is 0.175. The van der Waals surface area contributed by atoms with Crippen LogP contribution in [0.3, 0.4) is 0 Å². The van der Waals surface area contributed by atoms with E-state index in [9.17, 15) is 9.59 Å². The van der Waals surface area contributed by atoms with Crippen molar-refractivity contribution in [3.63, 3.8) is 0 Å². The normalized spacial score (nSPS) is 16.5. The number of aromatic amines is 1. The number of ether oxygens (including phenoxy) is 1. The van der Waals surface area contributed by atoms with Crippen LogP contribution in [-0.2, 0) is 17.8 Å². The molecule has 1 aromatic carbocycles. The molecule has 0 radical (unpaired) electrons. The number of nitrogens with zero attached hydrogens (tertiary/aromatic N) is 6. The molecule has 4 heterocycles. The van der Waals surface area contributed by atoms with Gasteiger partial charge in [-0.2, -0.15) is 0 Å². The predicted molar refractivity (Wildman–Crippen MR) is 134 cm³/mol. The maximum absolute atomic E-state index is 13.6. The second-order valence-electron chi connectivity index (χ2n) is 9.13. The zero-order valence-corrected chi connectivity index (χ0v) is 20.2. The number of nitrogens with two attached hydrogens (primary N) is 1. The number of nitrogens with one attached hydrogen (secondary N) is 1. The Labute approximate surface area is 201 Å². The first-order valence-corrected chi connectivity index (χ1v) is 11.8. The lowest BCUT2D eigenvalue weighted by Crippen LogP contribution is -2.43. The Morgan fingerprint density at radius 1 is 1.09 bits per heavy atom. The molecule has 1 unspecified atom stereocenters. The molecule has 0 amide bonds. The summed E-state index contributed by atoms with van der Waals surface area (Å²) in [6.07, 6.45) is 1.88. The van der Waals surface area contributed by atoms with Crippen LogP contribution in [0.25, 0.3) is 22.1 Å². The first-order chi connectivity index (χ1) is 16.9. The van der Waals surface area contributed by atoms with Crippen molar-refractivity contribution in [3.05, 3.63) is 55.9 Å². The summed E-state index contributed by atoms with van der Waals surface area (Å²) in [6.45, 7) is 5.95. The summed E-state index contributed by atoms with van der Waals surface area (Å²) in [7, 11) is 1.56. The number of rotatable bonds is 6. The molecule has 0 saturated carbocycles. The molecular weight excluding hydrogens is 448 g/mol. The van der Waals surface area contributed by atoms with Crippen LogP contribution < -0.4 is 21.8 Å². The molecule has 1 atom stereocenters. The smallest absolute Gasteiger partial charge is 0.293 e. The Kier molecular flexibility index (Phi) is 6.12. The van der Waals surface area contributed by atoms with Crippen LogP contribution in [-0.4, -0.2) is 62.1 Å². The van der Waals surface area contributed by atoms with E-state index in [0.717, 1.165) is 47.4 Å². The minimum Gasteiger partial charge on any atom is -0.383 e. The zero-order valence-electron chi connectivity index (χ0n) is 20.2. The molecule has 35 heavy (non-hydrogen) atoms. The molecule has 11 heteroatoms. The Morgan fingerprint density at radius 2 is 1.86 bits per heavy atom. The maximum Gasteiger partial charge on any atom is 0.293 e. The number of hydrogen-bond acceptors (Lipinski definition) is 8. The monoisotopic (exact) mass is 478 g/mol. The Morgan fingerprint density at radius 3 is 2.60 bits per heavy atom. The van der Waals surface area contributed by atoms with Gasteiger partial charge in [0, 0.05) is 26.2 Å². The van der Waals surface area contributed by atoms with E-state index in [0.29, 0.717) is 12.5 Å². The Hall–Kier alpha value is -3.57.